The molecule has 1 amide bonds. The van der Waals surface area contributed by atoms with Crippen LogP contribution in [0.25, 0.3) is 0 Å². The Kier molecular flexibility index (Phi) is 10.7. The number of carbonyl (C=O) groups excluding carboxylic acids is 1. The summed E-state index contributed by atoms with van der Waals surface area (Å²) in [6, 6.07) is 11.3. The van der Waals surface area contributed by atoms with E-state index in [2.05, 4.69) is 10.6 Å². The van der Waals surface area contributed by atoms with Crippen LogP contribution in [-0.4, -0.2) is 48.9 Å². The van der Waals surface area contributed by atoms with E-state index in [1.54, 1.807) is 0 Å². The number of ether oxygens (including phenoxy) is 1. The van der Waals surface area contributed by atoms with Gasteiger partial charge in [0.1, 0.15) is 17.7 Å². The van der Waals surface area contributed by atoms with Crippen molar-refractivity contribution >= 4 is 5.91 Å². The van der Waals surface area contributed by atoms with Gasteiger partial charge in [0.2, 0.25) is 5.91 Å². The van der Waals surface area contributed by atoms with Gasteiger partial charge in [-0.2, -0.15) is 0 Å². The molecule has 0 unspecified atom stereocenters. The van der Waals surface area contributed by atoms with E-state index in [1.807, 2.05) is 44.2 Å². The number of hydrogen-bond acceptors (Lipinski definition) is 5. The molecule has 0 spiro atoms. The number of carbonyl (C=O) groups is 1. The molecular weight excluding hydrogens is 416 g/mol. The first-order valence-corrected chi connectivity index (χ1v) is 10.8. The SMILES string of the molecule is CC(C)CNC(=O)[C@H](COCc1ccccc1)NC[C@@H](O)[C@@H](N)Cc1cc(F)cc(F)c1. The van der Waals surface area contributed by atoms with E-state index < -0.39 is 29.8 Å². The number of halogens is 2. The highest BCUT2D eigenvalue weighted by molar-refractivity contribution is 5.81. The van der Waals surface area contributed by atoms with Crippen LogP contribution in [0.3, 0.4) is 0 Å². The van der Waals surface area contributed by atoms with Crippen molar-refractivity contribution in [1.82, 2.24) is 10.6 Å². The van der Waals surface area contributed by atoms with Gasteiger partial charge in [-0.25, -0.2) is 8.78 Å². The van der Waals surface area contributed by atoms with Crippen LogP contribution in [0, 0.1) is 17.6 Å². The van der Waals surface area contributed by atoms with Crippen LogP contribution in [0.4, 0.5) is 8.78 Å². The molecule has 2 aromatic carbocycles. The Labute approximate surface area is 188 Å². The van der Waals surface area contributed by atoms with Gasteiger partial charge in [-0.15, -0.1) is 0 Å². The third kappa shape index (κ3) is 9.40. The van der Waals surface area contributed by atoms with Crippen molar-refractivity contribution < 1.29 is 23.4 Å². The highest BCUT2D eigenvalue weighted by Gasteiger charge is 2.22. The van der Waals surface area contributed by atoms with Crippen LogP contribution >= 0.6 is 0 Å². The topological polar surface area (TPSA) is 96.6 Å². The molecule has 0 bridgehead atoms. The molecule has 2 aromatic rings. The van der Waals surface area contributed by atoms with Gasteiger partial charge < -0.3 is 26.2 Å². The van der Waals surface area contributed by atoms with Crippen LogP contribution < -0.4 is 16.4 Å². The summed E-state index contributed by atoms with van der Waals surface area (Å²) in [5, 5.41) is 16.3. The van der Waals surface area contributed by atoms with Crippen LogP contribution in [0.1, 0.15) is 25.0 Å². The Hall–Kier alpha value is -2.39. The fourth-order valence-corrected chi connectivity index (χ4v) is 3.08. The van der Waals surface area contributed by atoms with Gasteiger partial charge in [-0.05, 0) is 35.6 Å². The average Bonchev–Trinajstić information content (AvgIpc) is 2.74. The van der Waals surface area contributed by atoms with E-state index in [0.717, 1.165) is 11.6 Å². The van der Waals surface area contributed by atoms with E-state index in [-0.39, 0.29) is 31.4 Å². The summed E-state index contributed by atoms with van der Waals surface area (Å²) in [5.41, 5.74) is 7.36. The molecule has 3 atom stereocenters. The lowest BCUT2D eigenvalue weighted by Crippen LogP contribution is -2.52. The Bertz CT molecular complexity index is 816. The summed E-state index contributed by atoms with van der Waals surface area (Å²) in [7, 11) is 0. The number of amides is 1. The van der Waals surface area contributed by atoms with Crippen LogP contribution in [-0.2, 0) is 22.6 Å². The average molecular weight is 450 g/mol. The summed E-state index contributed by atoms with van der Waals surface area (Å²) in [4.78, 5) is 12.6. The van der Waals surface area contributed by atoms with Crippen LogP contribution in [0.15, 0.2) is 48.5 Å². The minimum absolute atomic E-state index is 0.0213. The van der Waals surface area contributed by atoms with Gasteiger partial charge in [0.25, 0.3) is 0 Å². The molecule has 0 heterocycles. The minimum Gasteiger partial charge on any atom is -0.390 e. The van der Waals surface area contributed by atoms with Gasteiger partial charge in [0, 0.05) is 25.2 Å². The molecule has 0 aliphatic heterocycles. The van der Waals surface area contributed by atoms with E-state index in [9.17, 15) is 18.7 Å². The highest BCUT2D eigenvalue weighted by Crippen LogP contribution is 2.11. The van der Waals surface area contributed by atoms with Crippen molar-refractivity contribution in [3.63, 3.8) is 0 Å². The predicted molar refractivity (Wildman–Crippen MR) is 120 cm³/mol. The zero-order chi connectivity index (χ0) is 23.5. The third-order valence-electron chi connectivity index (χ3n) is 4.86. The lowest BCUT2D eigenvalue weighted by Gasteiger charge is -2.24. The molecule has 0 aliphatic carbocycles. The smallest absolute Gasteiger partial charge is 0.239 e. The fraction of sp³-hybridized carbons (Fsp3) is 0.458. The molecule has 6 nitrogen and oxygen atoms in total. The Balaban J connectivity index is 1.90. The summed E-state index contributed by atoms with van der Waals surface area (Å²) in [5.74, 6) is -1.34. The second kappa shape index (κ2) is 13.2. The van der Waals surface area contributed by atoms with Gasteiger partial charge >= 0.3 is 0 Å². The number of benzene rings is 2. The molecule has 32 heavy (non-hydrogen) atoms. The third-order valence-corrected chi connectivity index (χ3v) is 4.86. The quantitative estimate of drug-likeness (QED) is 0.376. The second-order valence-electron chi connectivity index (χ2n) is 8.31. The highest BCUT2D eigenvalue weighted by atomic mass is 19.1. The molecule has 0 radical (unpaired) electrons. The van der Waals surface area contributed by atoms with Gasteiger partial charge in [0.05, 0.1) is 19.3 Å². The monoisotopic (exact) mass is 449 g/mol. The lowest BCUT2D eigenvalue weighted by atomic mass is 10.0. The maximum absolute atomic E-state index is 13.4. The molecular formula is C24H33F2N3O3. The number of aliphatic hydroxyl groups is 1. The summed E-state index contributed by atoms with van der Waals surface area (Å²) in [6.45, 7) is 4.98. The first-order valence-electron chi connectivity index (χ1n) is 10.8. The predicted octanol–water partition coefficient (Wildman–Crippen LogP) is 2.14. The molecule has 5 N–H and O–H groups in total. The Morgan fingerprint density at radius 2 is 1.72 bits per heavy atom. The number of nitrogens with one attached hydrogen (secondary N) is 2. The van der Waals surface area contributed by atoms with Crippen molar-refractivity contribution in [2.24, 2.45) is 11.7 Å². The number of rotatable bonds is 13. The number of hydrogen-bond donors (Lipinski definition) is 4. The number of aliphatic hydroxyl groups excluding tert-OH is 1. The maximum atomic E-state index is 13.4. The van der Waals surface area contributed by atoms with Crippen molar-refractivity contribution in [2.45, 2.75) is 45.1 Å². The Morgan fingerprint density at radius 3 is 2.34 bits per heavy atom. The number of nitrogens with two attached hydrogens (primary N) is 1. The normalized spacial score (nSPS) is 14.2. The molecule has 0 saturated heterocycles. The molecule has 176 valence electrons. The van der Waals surface area contributed by atoms with E-state index in [1.165, 1.54) is 12.1 Å². The van der Waals surface area contributed by atoms with Crippen molar-refractivity contribution in [1.29, 1.82) is 0 Å². The Morgan fingerprint density at radius 1 is 1.06 bits per heavy atom. The lowest BCUT2D eigenvalue weighted by molar-refractivity contribution is -0.125. The van der Waals surface area contributed by atoms with E-state index in [4.69, 9.17) is 10.5 Å². The van der Waals surface area contributed by atoms with Crippen LogP contribution in [0.2, 0.25) is 0 Å². The van der Waals surface area contributed by atoms with E-state index >= 15 is 0 Å². The van der Waals surface area contributed by atoms with Crippen molar-refractivity contribution in [2.75, 3.05) is 19.7 Å². The van der Waals surface area contributed by atoms with Gasteiger partial charge in [-0.1, -0.05) is 44.2 Å². The fourth-order valence-electron chi connectivity index (χ4n) is 3.08. The second-order valence-corrected chi connectivity index (χ2v) is 8.31. The molecule has 0 aromatic heterocycles. The first kappa shape index (κ1) is 25.9. The molecule has 0 fully saturated rings. The van der Waals surface area contributed by atoms with Crippen molar-refractivity contribution in [3.05, 3.63) is 71.3 Å². The standard InChI is InChI=1S/C24H33F2N3O3/c1-16(2)12-29-24(31)22(15-32-14-17-6-4-3-5-7-17)28-13-23(30)21(27)10-18-8-19(25)11-20(26)9-18/h3-9,11,16,21-23,28,30H,10,12-15,27H2,1-2H3,(H,29,31)/t21-,22-,23+/m0/s1. The molecule has 0 aliphatic rings. The zero-order valence-corrected chi connectivity index (χ0v) is 18.6. The molecule has 8 heteroatoms. The van der Waals surface area contributed by atoms with Gasteiger partial charge in [-0.3, -0.25) is 4.79 Å². The first-order chi connectivity index (χ1) is 15.2. The maximum Gasteiger partial charge on any atom is 0.239 e. The van der Waals surface area contributed by atoms with Crippen LogP contribution in [0.5, 0.6) is 0 Å². The van der Waals surface area contributed by atoms with Crippen molar-refractivity contribution in [3.8, 4) is 0 Å². The van der Waals surface area contributed by atoms with Gasteiger partial charge in [0.15, 0.2) is 0 Å². The molecule has 2 rings (SSSR count). The largest absolute Gasteiger partial charge is 0.390 e. The van der Waals surface area contributed by atoms with E-state index in [0.29, 0.717) is 18.7 Å². The molecule has 0 saturated carbocycles. The zero-order valence-electron chi connectivity index (χ0n) is 18.6. The summed E-state index contributed by atoms with van der Waals surface area (Å²) in [6.07, 6.45) is -0.942. The minimum atomic E-state index is -1.03. The summed E-state index contributed by atoms with van der Waals surface area (Å²) >= 11 is 0. The summed E-state index contributed by atoms with van der Waals surface area (Å²) < 4.78 is 32.5.